The molecule has 0 radical (unpaired) electrons. The Morgan fingerprint density at radius 1 is 1.17 bits per heavy atom. The molecule has 1 amide bonds. The highest BCUT2D eigenvalue weighted by Crippen LogP contribution is 2.34. The van der Waals surface area contributed by atoms with Gasteiger partial charge in [0.1, 0.15) is 10.5 Å². The number of amides is 1. The predicted molar refractivity (Wildman–Crippen MR) is 140 cm³/mol. The highest BCUT2D eigenvalue weighted by Gasteiger charge is 2.31. The molecule has 0 aliphatic rings. The van der Waals surface area contributed by atoms with Crippen molar-refractivity contribution in [2.75, 3.05) is 6.26 Å². The van der Waals surface area contributed by atoms with Gasteiger partial charge in [0.15, 0.2) is 15.6 Å². The van der Waals surface area contributed by atoms with Crippen LogP contribution in [0.1, 0.15) is 53.7 Å². The lowest BCUT2D eigenvalue weighted by Gasteiger charge is -2.32. The average molecular weight is 518 g/mol. The van der Waals surface area contributed by atoms with E-state index in [0.29, 0.717) is 33.8 Å². The quantitative estimate of drug-likeness (QED) is 0.342. The van der Waals surface area contributed by atoms with Crippen molar-refractivity contribution < 1.29 is 22.8 Å². The van der Waals surface area contributed by atoms with Crippen LogP contribution in [0.2, 0.25) is 0 Å². The van der Waals surface area contributed by atoms with Crippen molar-refractivity contribution >= 4 is 37.6 Å². The van der Waals surface area contributed by atoms with Gasteiger partial charge in [-0.05, 0) is 64.5 Å². The van der Waals surface area contributed by atoms with Gasteiger partial charge in [-0.25, -0.2) is 13.2 Å². The Hall–Kier alpha value is -3.14. The van der Waals surface area contributed by atoms with Crippen LogP contribution in [0.15, 0.2) is 34.1 Å². The zero-order valence-corrected chi connectivity index (χ0v) is 23.2. The molecule has 36 heavy (non-hydrogen) atoms. The van der Waals surface area contributed by atoms with E-state index in [2.05, 4.69) is 4.98 Å². The minimum atomic E-state index is -3.79. The van der Waals surface area contributed by atoms with Crippen LogP contribution >= 0.6 is 0 Å². The summed E-state index contributed by atoms with van der Waals surface area (Å²) in [4.78, 5) is 36.4. The lowest BCUT2D eigenvalue weighted by atomic mass is 10.1. The number of nitrogens with zero attached hydrogens (tertiary/aromatic N) is 3. The average Bonchev–Trinajstić information content (AvgIpc) is 2.72. The van der Waals surface area contributed by atoms with Crippen LogP contribution in [-0.2, 0) is 21.6 Å². The summed E-state index contributed by atoms with van der Waals surface area (Å²) in [6, 6.07) is 4.25. The minimum Gasteiger partial charge on any atom is -0.442 e. The van der Waals surface area contributed by atoms with E-state index in [1.165, 1.54) is 16.7 Å². The molecule has 0 aliphatic heterocycles. The predicted octanol–water partition coefficient (Wildman–Crippen LogP) is 4.76. The molecule has 9 nitrogen and oxygen atoms in total. The third-order valence-corrected chi connectivity index (χ3v) is 6.87. The fraction of sp³-hybridized carbons (Fsp3) is 0.500. The van der Waals surface area contributed by atoms with Crippen LogP contribution in [0.5, 0.6) is 5.75 Å². The van der Waals surface area contributed by atoms with Crippen LogP contribution in [0.3, 0.4) is 0 Å². The highest BCUT2D eigenvalue weighted by atomic mass is 32.2. The maximum absolute atomic E-state index is 13.2. The SMILES string of the molecule is Cc1nccc2c1c(=O)n(C)c1cc(ON(C(=O)OC(C)(C)C)[C@@H](C)CC(C)C)c(S(C)(=O)=O)cc21. The molecular weight excluding hydrogens is 482 g/mol. The number of pyridine rings is 2. The largest absolute Gasteiger partial charge is 0.443 e. The summed E-state index contributed by atoms with van der Waals surface area (Å²) in [6.45, 7) is 12.8. The number of sulfone groups is 1. The van der Waals surface area contributed by atoms with Crippen molar-refractivity contribution in [2.24, 2.45) is 13.0 Å². The maximum Gasteiger partial charge on any atom is 0.443 e. The number of hydrogen-bond donors (Lipinski definition) is 0. The summed E-state index contributed by atoms with van der Waals surface area (Å²) in [5.74, 6) is 0.176. The lowest BCUT2D eigenvalue weighted by Crippen LogP contribution is -2.45. The molecule has 0 saturated carbocycles. The molecule has 2 aromatic heterocycles. The molecular formula is C26H35N3O6S. The van der Waals surface area contributed by atoms with E-state index >= 15 is 0 Å². The molecule has 3 aromatic rings. The van der Waals surface area contributed by atoms with Gasteiger partial charge in [0.2, 0.25) is 0 Å². The van der Waals surface area contributed by atoms with E-state index in [4.69, 9.17) is 9.57 Å². The van der Waals surface area contributed by atoms with Gasteiger partial charge in [-0.1, -0.05) is 13.8 Å². The number of ether oxygens (including phenoxy) is 1. The number of benzene rings is 1. The van der Waals surface area contributed by atoms with Gasteiger partial charge in [-0.15, -0.1) is 5.06 Å². The molecule has 1 atom stereocenters. The molecule has 0 saturated heterocycles. The topological polar surface area (TPSA) is 108 Å². The Labute approximate surface area is 211 Å². The summed E-state index contributed by atoms with van der Waals surface area (Å²) in [5.41, 5.74) is -0.0390. The summed E-state index contributed by atoms with van der Waals surface area (Å²) in [7, 11) is -2.18. The molecule has 0 N–H and O–H groups in total. The first-order chi connectivity index (χ1) is 16.5. The van der Waals surface area contributed by atoms with Crippen molar-refractivity contribution in [1.29, 1.82) is 0 Å². The van der Waals surface area contributed by atoms with Crippen molar-refractivity contribution in [3.63, 3.8) is 0 Å². The van der Waals surface area contributed by atoms with Gasteiger partial charge in [0.05, 0.1) is 22.6 Å². The van der Waals surface area contributed by atoms with E-state index in [1.807, 2.05) is 20.8 Å². The number of hydrogen-bond acceptors (Lipinski definition) is 7. The molecule has 0 fully saturated rings. The molecule has 0 unspecified atom stereocenters. The fourth-order valence-electron chi connectivity index (χ4n) is 4.24. The van der Waals surface area contributed by atoms with E-state index in [9.17, 15) is 18.0 Å². The zero-order chi connectivity index (χ0) is 27.2. The number of hydroxylamine groups is 2. The molecule has 10 heteroatoms. The molecule has 1 aromatic carbocycles. The van der Waals surface area contributed by atoms with Gasteiger partial charge in [-0.2, -0.15) is 0 Å². The van der Waals surface area contributed by atoms with Gasteiger partial charge < -0.3 is 14.1 Å². The molecule has 3 rings (SSSR count). The Kier molecular flexibility index (Phi) is 7.41. The Bertz CT molecular complexity index is 1490. The van der Waals surface area contributed by atoms with Crippen molar-refractivity contribution in [1.82, 2.24) is 14.6 Å². The molecule has 0 aliphatic carbocycles. The van der Waals surface area contributed by atoms with E-state index in [0.717, 1.165) is 11.3 Å². The zero-order valence-electron chi connectivity index (χ0n) is 22.4. The number of carbonyl (C=O) groups is 1. The first-order valence-electron chi connectivity index (χ1n) is 11.8. The third-order valence-electron chi connectivity index (χ3n) is 5.76. The van der Waals surface area contributed by atoms with E-state index in [-0.39, 0.29) is 22.1 Å². The first-order valence-corrected chi connectivity index (χ1v) is 13.7. The normalized spacial score (nSPS) is 13.3. The summed E-state index contributed by atoms with van der Waals surface area (Å²) in [6.07, 6.45) is 2.52. The van der Waals surface area contributed by atoms with Crippen LogP contribution in [-0.4, -0.2) is 47.0 Å². The number of fused-ring (bicyclic) bond motifs is 3. The smallest absolute Gasteiger partial charge is 0.442 e. The van der Waals surface area contributed by atoms with E-state index < -0.39 is 27.6 Å². The standard InChI is InChI=1S/C26H35N3O6S/c1-15(2)12-16(3)29(25(31)34-26(5,6)7)35-21-14-20-19(13-22(21)36(9,32)33)18-10-11-27-17(4)23(18)24(30)28(20)8/h10-11,13-16H,12H2,1-9H3/t16-/m0/s1. The van der Waals surface area contributed by atoms with Crippen molar-refractivity contribution in [3.8, 4) is 5.75 Å². The van der Waals surface area contributed by atoms with Gasteiger partial charge in [0, 0.05) is 31.0 Å². The molecule has 2 heterocycles. The van der Waals surface area contributed by atoms with Gasteiger partial charge in [0.25, 0.3) is 5.56 Å². The number of aryl methyl sites for hydroxylation is 2. The summed E-state index contributed by atoms with van der Waals surface area (Å²) >= 11 is 0. The second-order valence-corrected chi connectivity index (χ2v) is 12.6. The monoisotopic (exact) mass is 517 g/mol. The second kappa shape index (κ2) is 9.72. The number of rotatable bonds is 6. The maximum atomic E-state index is 13.2. The summed E-state index contributed by atoms with van der Waals surface area (Å²) < 4.78 is 32.8. The number of aromatic nitrogens is 2. The second-order valence-electron chi connectivity index (χ2n) is 10.6. The van der Waals surface area contributed by atoms with E-state index in [1.54, 1.807) is 47.0 Å². The van der Waals surface area contributed by atoms with Gasteiger partial charge >= 0.3 is 6.09 Å². The van der Waals surface area contributed by atoms with Crippen LogP contribution in [0.4, 0.5) is 4.79 Å². The third kappa shape index (κ3) is 5.64. The van der Waals surface area contributed by atoms with Crippen molar-refractivity contribution in [2.45, 2.75) is 71.4 Å². The fourth-order valence-corrected chi connectivity index (χ4v) is 5.03. The highest BCUT2D eigenvalue weighted by molar-refractivity contribution is 7.90. The van der Waals surface area contributed by atoms with Crippen LogP contribution < -0.4 is 10.4 Å². The molecule has 196 valence electrons. The lowest BCUT2D eigenvalue weighted by molar-refractivity contribution is -0.0981. The Balaban J connectivity index is 2.30. The minimum absolute atomic E-state index is 0.0633. The Morgan fingerprint density at radius 3 is 2.36 bits per heavy atom. The molecule has 0 bridgehead atoms. The Morgan fingerprint density at radius 2 is 1.81 bits per heavy atom. The summed E-state index contributed by atoms with van der Waals surface area (Å²) in [5, 5.41) is 2.65. The molecule has 0 spiro atoms. The first kappa shape index (κ1) is 27.4. The number of carbonyl (C=O) groups excluding carboxylic acids is 1. The van der Waals surface area contributed by atoms with Crippen molar-refractivity contribution in [3.05, 3.63) is 40.4 Å². The van der Waals surface area contributed by atoms with Crippen LogP contribution in [0.25, 0.3) is 21.7 Å². The van der Waals surface area contributed by atoms with Gasteiger partial charge in [-0.3, -0.25) is 9.78 Å². The van der Waals surface area contributed by atoms with Crippen LogP contribution in [0, 0.1) is 12.8 Å².